The molecule has 0 aromatic heterocycles. The van der Waals surface area contributed by atoms with Crippen molar-refractivity contribution < 1.29 is 23.7 Å². The van der Waals surface area contributed by atoms with Crippen molar-refractivity contribution in [1.82, 2.24) is 0 Å². The summed E-state index contributed by atoms with van der Waals surface area (Å²) in [7, 11) is 1.82. The van der Waals surface area contributed by atoms with Crippen molar-refractivity contribution in [3.63, 3.8) is 0 Å². The maximum atomic E-state index is 6.04. The van der Waals surface area contributed by atoms with Crippen LogP contribution in [-0.2, 0) is 23.7 Å². The Labute approximate surface area is 208 Å². The van der Waals surface area contributed by atoms with Gasteiger partial charge in [-0.15, -0.1) is 17.2 Å². The van der Waals surface area contributed by atoms with E-state index in [2.05, 4.69) is 55.4 Å². The summed E-state index contributed by atoms with van der Waals surface area (Å²) in [5, 5.41) is 0. The molecule has 0 aromatic rings. The van der Waals surface area contributed by atoms with Crippen LogP contribution in [0.2, 0.25) is 0 Å². The Morgan fingerprint density at radius 1 is 0.545 bits per heavy atom. The van der Waals surface area contributed by atoms with Crippen molar-refractivity contribution in [2.24, 2.45) is 5.73 Å². The quantitative estimate of drug-likeness (QED) is 0.109. The normalized spacial score (nSPS) is 14.3. The molecule has 0 bridgehead atoms. The first-order chi connectivity index (χ1) is 15.6. The predicted octanol–water partition coefficient (Wildman–Crippen LogP) is 5.60. The van der Waals surface area contributed by atoms with Crippen LogP contribution in [0.1, 0.15) is 81.1 Å². The number of nitrogens with two attached hydrogens (primary N) is 1. The fourth-order valence-corrected chi connectivity index (χ4v) is 5.74. The van der Waals surface area contributed by atoms with Gasteiger partial charge in [0.2, 0.25) is 0 Å². The van der Waals surface area contributed by atoms with Crippen molar-refractivity contribution in [3.8, 4) is 0 Å². The third-order valence-corrected chi connectivity index (χ3v) is 7.14. The molecular weight excluding hydrogens is 456 g/mol. The maximum Gasteiger partial charge on any atom is 0.158 e. The molecule has 0 radical (unpaired) electrons. The van der Waals surface area contributed by atoms with Crippen LogP contribution in [0, 0.1) is 0 Å². The highest BCUT2D eigenvalue weighted by atomic mass is 31.1. The van der Waals surface area contributed by atoms with Crippen molar-refractivity contribution in [2.75, 3.05) is 37.8 Å². The third kappa shape index (κ3) is 22.8. The largest absolute Gasteiger partial charge is 0.377 e. The molecule has 2 unspecified atom stereocenters. The molecule has 8 heteroatoms. The zero-order valence-corrected chi connectivity index (χ0v) is 24.7. The highest BCUT2D eigenvalue weighted by Gasteiger charge is 2.15. The van der Waals surface area contributed by atoms with Crippen LogP contribution in [0.4, 0.5) is 0 Å². The molecule has 0 aromatic carbocycles. The first kappa shape index (κ1) is 33.6. The molecule has 0 aliphatic rings. The van der Waals surface area contributed by atoms with E-state index in [1.807, 2.05) is 0 Å². The van der Waals surface area contributed by atoms with E-state index in [4.69, 9.17) is 29.4 Å². The second kappa shape index (κ2) is 21.9. The van der Waals surface area contributed by atoms with Crippen LogP contribution in [0.15, 0.2) is 0 Å². The van der Waals surface area contributed by atoms with Gasteiger partial charge < -0.3 is 29.4 Å². The van der Waals surface area contributed by atoms with Gasteiger partial charge in [-0.3, -0.25) is 0 Å². The summed E-state index contributed by atoms with van der Waals surface area (Å²) in [6.45, 7) is 17.7. The SMILES string of the molecule is CC(C)OC(CCPCCC(CCPCCC(OC(C)C)OC(C)C)OCCN)OC(C)C. The summed E-state index contributed by atoms with van der Waals surface area (Å²) in [6.07, 6.45) is 9.71. The minimum atomic E-state index is -0.0915. The van der Waals surface area contributed by atoms with Crippen molar-refractivity contribution in [3.05, 3.63) is 0 Å². The van der Waals surface area contributed by atoms with Crippen LogP contribution in [-0.4, -0.2) is 80.9 Å². The van der Waals surface area contributed by atoms with Gasteiger partial charge in [-0.05, 0) is 92.9 Å². The molecule has 0 rings (SSSR count). The van der Waals surface area contributed by atoms with Gasteiger partial charge in [0.15, 0.2) is 12.6 Å². The molecule has 2 atom stereocenters. The molecular formula is C25H55NO5P2. The summed E-state index contributed by atoms with van der Waals surface area (Å²) in [5.74, 6) is 0. The molecule has 2 N–H and O–H groups in total. The highest BCUT2D eigenvalue weighted by molar-refractivity contribution is 7.38. The predicted molar refractivity (Wildman–Crippen MR) is 146 cm³/mol. The van der Waals surface area contributed by atoms with E-state index >= 15 is 0 Å². The molecule has 33 heavy (non-hydrogen) atoms. The summed E-state index contributed by atoms with van der Waals surface area (Å²) >= 11 is 0. The van der Waals surface area contributed by atoms with Crippen LogP contribution >= 0.6 is 17.2 Å². The molecule has 200 valence electrons. The summed E-state index contributed by atoms with van der Waals surface area (Å²) < 4.78 is 29.7. The Balaban J connectivity index is 4.18. The van der Waals surface area contributed by atoms with Gasteiger partial charge in [-0.1, -0.05) is 0 Å². The molecule has 0 fully saturated rings. The topological polar surface area (TPSA) is 72.2 Å². The van der Waals surface area contributed by atoms with Crippen LogP contribution in [0.25, 0.3) is 0 Å². The lowest BCUT2D eigenvalue weighted by Crippen LogP contribution is -2.25. The van der Waals surface area contributed by atoms with Gasteiger partial charge in [0.05, 0.1) is 37.1 Å². The smallest absolute Gasteiger partial charge is 0.158 e. The van der Waals surface area contributed by atoms with E-state index in [-0.39, 0.29) is 37.0 Å². The average Bonchev–Trinajstić information content (AvgIpc) is 2.68. The van der Waals surface area contributed by atoms with Crippen LogP contribution in [0.3, 0.4) is 0 Å². The molecule has 0 saturated heterocycles. The van der Waals surface area contributed by atoms with Crippen molar-refractivity contribution >= 4 is 17.2 Å². The van der Waals surface area contributed by atoms with Gasteiger partial charge in [-0.2, -0.15) is 0 Å². The van der Waals surface area contributed by atoms with Gasteiger partial charge >= 0.3 is 0 Å². The standard InChI is InChI=1S/C25H55NO5P2/c1-19(2)28-24(29-20(3)4)11-17-32-15-9-23(27-14-13-26)10-16-33-18-12-25(30-21(5)6)31-22(7)8/h19-25,32-33H,9-18,26H2,1-8H3. The van der Waals surface area contributed by atoms with Crippen molar-refractivity contribution in [2.45, 2.75) is 124 Å². The number of rotatable bonds is 23. The average molecular weight is 512 g/mol. The summed E-state index contributed by atoms with van der Waals surface area (Å²) in [4.78, 5) is 0. The minimum Gasteiger partial charge on any atom is -0.377 e. The van der Waals surface area contributed by atoms with Crippen LogP contribution < -0.4 is 5.73 Å². The first-order valence-electron chi connectivity index (χ1n) is 13.0. The minimum absolute atomic E-state index is 0.0915. The molecule has 0 aliphatic heterocycles. The lowest BCUT2D eigenvalue weighted by Gasteiger charge is -2.23. The second-order valence-electron chi connectivity index (χ2n) is 9.53. The number of ether oxygens (including phenoxy) is 5. The number of hydrogen-bond donors (Lipinski definition) is 1. The van der Waals surface area contributed by atoms with E-state index in [1.54, 1.807) is 0 Å². The van der Waals surface area contributed by atoms with Gasteiger partial charge in [0.25, 0.3) is 0 Å². The Morgan fingerprint density at radius 3 is 1.18 bits per heavy atom. The lowest BCUT2D eigenvalue weighted by molar-refractivity contribution is -0.181. The molecule has 0 saturated carbocycles. The fourth-order valence-electron chi connectivity index (χ4n) is 3.31. The Kier molecular flexibility index (Phi) is 22.3. The van der Waals surface area contributed by atoms with E-state index in [0.717, 1.165) is 55.2 Å². The second-order valence-corrected chi connectivity index (χ2v) is 12.5. The third-order valence-electron chi connectivity index (χ3n) is 4.57. The monoisotopic (exact) mass is 511 g/mol. The van der Waals surface area contributed by atoms with E-state index in [1.165, 1.54) is 12.3 Å². The van der Waals surface area contributed by atoms with Crippen molar-refractivity contribution in [1.29, 1.82) is 0 Å². The Bertz CT molecular complexity index is 374. The zero-order chi connectivity index (χ0) is 25.1. The van der Waals surface area contributed by atoms with Gasteiger partial charge in [0.1, 0.15) is 0 Å². The number of hydrogen-bond acceptors (Lipinski definition) is 6. The van der Waals surface area contributed by atoms with E-state index in [0.29, 0.717) is 19.3 Å². The summed E-state index contributed by atoms with van der Waals surface area (Å²) in [6, 6.07) is 0. The maximum absolute atomic E-state index is 6.04. The van der Waals surface area contributed by atoms with E-state index < -0.39 is 0 Å². The van der Waals surface area contributed by atoms with Gasteiger partial charge in [0, 0.05) is 19.4 Å². The molecule has 0 amide bonds. The Hall–Kier alpha value is 0.620. The zero-order valence-electron chi connectivity index (χ0n) is 22.7. The Morgan fingerprint density at radius 2 is 0.879 bits per heavy atom. The molecule has 0 heterocycles. The van der Waals surface area contributed by atoms with Gasteiger partial charge in [-0.25, -0.2) is 0 Å². The molecule has 0 aliphatic carbocycles. The molecule has 6 nitrogen and oxygen atoms in total. The summed E-state index contributed by atoms with van der Waals surface area (Å²) in [5.41, 5.74) is 5.68. The lowest BCUT2D eigenvalue weighted by atomic mass is 10.2. The highest BCUT2D eigenvalue weighted by Crippen LogP contribution is 2.23. The van der Waals surface area contributed by atoms with E-state index in [9.17, 15) is 0 Å². The van der Waals surface area contributed by atoms with Crippen LogP contribution in [0.5, 0.6) is 0 Å². The molecule has 0 spiro atoms. The first-order valence-corrected chi connectivity index (χ1v) is 15.8. The fraction of sp³-hybridized carbons (Fsp3) is 1.00.